The number of hydrogen-bond acceptors (Lipinski definition) is 4. The van der Waals surface area contributed by atoms with Crippen LogP contribution < -0.4 is 16.0 Å². The molecule has 0 heterocycles. The van der Waals surface area contributed by atoms with Gasteiger partial charge in [-0.15, -0.1) is 0 Å². The second-order valence-electron chi connectivity index (χ2n) is 7.47. The third-order valence-corrected chi connectivity index (χ3v) is 4.49. The number of hydrogen-bond donors (Lipinski definition) is 3. The van der Waals surface area contributed by atoms with E-state index in [0.29, 0.717) is 12.2 Å². The third-order valence-electron chi connectivity index (χ3n) is 4.49. The molecular formula is C23H29N3O4. The molecule has 0 saturated heterocycles. The fourth-order valence-electron chi connectivity index (χ4n) is 2.67. The van der Waals surface area contributed by atoms with E-state index in [2.05, 4.69) is 16.0 Å². The van der Waals surface area contributed by atoms with Gasteiger partial charge < -0.3 is 20.7 Å². The summed E-state index contributed by atoms with van der Waals surface area (Å²) in [4.78, 5) is 37.1. The van der Waals surface area contributed by atoms with E-state index in [-0.39, 0.29) is 5.92 Å². The van der Waals surface area contributed by atoms with Gasteiger partial charge in [0.15, 0.2) is 6.10 Å². The molecule has 0 aliphatic carbocycles. The van der Waals surface area contributed by atoms with Gasteiger partial charge in [0, 0.05) is 12.2 Å². The molecule has 3 N–H and O–H groups in total. The van der Waals surface area contributed by atoms with Crippen LogP contribution in [0.15, 0.2) is 54.6 Å². The standard InChI is InChI=1S/C23H29N3O4/c1-15(2)20(26-23(29)25-19-8-6-5-7-9-19)22(28)30-17(4)21(27)24-14-18-12-10-16(3)11-13-18/h5-13,15,17,20H,14H2,1-4H3,(H,24,27)(H2,25,26,29)/t17-,20-/m1/s1. The summed E-state index contributed by atoms with van der Waals surface area (Å²) < 4.78 is 5.30. The molecule has 0 spiro atoms. The monoisotopic (exact) mass is 411 g/mol. The van der Waals surface area contributed by atoms with E-state index in [0.717, 1.165) is 11.1 Å². The summed E-state index contributed by atoms with van der Waals surface area (Å²) in [5.74, 6) is -1.28. The minimum Gasteiger partial charge on any atom is -0.451 e. The number of ether oxygens (including phenoxy) is 1. The summed E-state index contributed by atoms with van der Waals surface area (Å²) in [6.07, 6.45) is -0.983. The first kappa shape index (κ1) is 22.9. The highest BCUT2D eigenvalue weighted by Crippen LogP contribution is 2.09. The number of amides is 3. The highest BCUT2D eigenvalue weighted by Gasteiger charge is 2.29. The van der Waals surface area contributed by atoms with Crippen molar-refractivity contribution in [3.05, 3.63) is 65.7 Å². The Kier molecular flexibility index (Phi) is 8.41. The van der Waals surface area contributed by atoms with E-state index in [4.69, 9.17) is 4.74 Å². The second-order valence-corrected chi connectivity index (χ2v) is 7.47. The van der Waals surface area contributed by atoms with Crippen LogP contribution in [0.4, 0.5) is 10.5 Å². The van der Waals surface area contributed by atoms with E-state index in [1.807, 2.05) is 37.3 Å². The van der Waals surface area contributed by atoms with Gasteiger partial charge in [0.1, 0.15) is 6.04 Å². The Hall–Kier alpha value is -3.35. The number of carbonyl (C=O) groups excluding carboxylic acids is 3. The van der Waals surface area contributed by atoms with E-state index in [1.165, 1.54) is 6.92 Å². The van der Waals surface area contributed by atoms with E-state index in [1.54, 1.807) is 38.1 Å². The molecule has 7 nitrogen and oxygen atoms in total. The van der Waals surface area contributed by atoms with Crippen molar-refractivity contribution in [1.29, 1.82) is 0 Å². The summed E-state index contributed by atoms with van der Waals surface area (Å²) in [7, 11) is 0. The zero-order valence-corrected chi connectivity index (χ0v) is 17.8. The molecule has 2 rings (SSSR count). The fraction of sp³-hybridized carbons (Fsp3) is 0.348. The molecule has 0 bridgehead atoms. The second kappa shape index (κ2) is 11.0. The minimum atomic E-state index is -0.983. The maximum absolute atomic E-state index is 12.6. The molecule has 0 aliphatic rings. The van der Waals surface area contributed by atoms with Gasteiger partial charge in [-0.05, 0) is 37.5 Å². The van der Waals surface area contributed by atoms with Crippen LogP contribution in [0.3, 0.4) is 0 Å². The normalized spacial score (nSPS) is 12.6. The van der Waals surface area contributed by atoms with Gasteiger partial charge in [0.05, 0.1) is 0 Å². The quantitative estimate of drug-likeness (QED) is 0.580. The van der Waals surface area contributed by atoms with E-state index >= 15 is 0 Å². The maximum Gasteiger partial charge on any atom is 0.329 e. The van der Waals surface area contributed by atoms with Crippen LogP contribution in [-0.4, -0.2) is 30.1 Å². The summed E-state index contributed by atoms with van der Waals surface area (Å²) in [5, 5.41) is 8.03. The molecule has 0 fully saturated rings. The maximum atomic E-state index is 12.6. The third kappa shape index (κ3) is 7.24. The van der Waals surface area contributed by atoms with Gasteiger partial charge in [-0.25, -0.2) is 9.59 Å². The molecule has 2 aromatic carbocycles. The number of nitrogens with one attached hydrogen (secondary N) is 3. The number of para-hydroxylation sites is 1. The van der Waals surface area contributed by atoms with Crippen molar-refractivity contribution >= 4 is 23.6 Å². The fourth-order valence-corrected chi connectivity index (χ4v) is 2.67. The smallest absolute Gasteiger partial charge is 0.329 e. The number of esters is 1. The van der Waals surface area contributed by atoms with Crippen LogP contribution >= 0.6 is 0 Å². The van der Waals surface area contributed by atoms with Crippen molar-refractivity contribution in [1.82, 2.24) is 10.6 Å². The van der Waals surface area contributed by atoms with Crippen LogP contribution in [0.5, 0.6) is 0 Å². The lowest BCUT2D eigenvalue weighted by molar-refractivity contribution is -0.157. The molecule has 7 heteroatoms. The molecule has 0 saturated carbocycles. The average Bonchev–Trinajstić information content (AvgIpc) is 2.71. The van der Waals surface area contributed by atoms with Crippen molar-refractivity contribution in [2.75, 3.05) is 5.32 Å². The van der Waals surface area contributed by atoms with Crippen molar-refractivity contribution in [3.8, 4) is 0 Å². The first-order valence-electron chi connectivity index (χ1n) is 9.92. The topological polar surface area (TPSA) is 96.5 Å². The van der Waals surface area contributed by atoms with Gasteiger partial charge in [-0.1, -0.05) is 61.9 Å². The summed E-state index contributed by atoms with van der Waals surface area (Å²) in [6.45, 7) is 7.41. The van der Waals surface area contributed by atoms with Gasteiger partial charge in [-0.3, -0.25) is 4.79 Å². The zero-order valence-electron chi connectivity index (χ0n) is 17.8. The molecule has 0 aliphatic heterocycles. The van der Waals surface area contributed by atoms with E-state index < -0.39 is 30.1 Å². The molecule has 160 valence electrons. The van der Waals surface area contributed by atoms with Gasteiger partial charge >= 0.3 is 12.0 Å². The Morgan fingerprint density at radius 2 is 1.57 bits per heavy atom. The number of aryl methyl sites for hydroxylation is 1. The summed E-state index contributed by atoms with van der Waals surface area (Å²) in [5.41, 5.74) is 2.69. The largest absolute Gasteiger partial charge is 0.451 e. The highest BCUT2D eigenvalue weighted by molar-refractivity contribution is 5.93. The first-order chi connectivity index (χ1) is 14.3. The lowest BCUT2D eigenvalue weighted by Gasteiger charge is -2.23. The van der Waals surface area contributed by atoms with Crippen LogP contribution in [0.25, 0.3) is 0 Å². The van der Waals surface area contributed by atoms with Crippen LogP contribution in [-0.2, 0) is 20.9 Å². The number of benzene rings is 2. The van der Waals surface area contributed by atoms with Crippen LogP contribution in [0, 0.1) is 12.8 Å². The Labute approximate surface area is 177 Å². The average molecular weight is 412 g/mol. The van der Waals surface area contributed by atoms with Crippen molar-refractivity contribution in [2.24, 2.45) is 5.92 Å². The van der Waals surface area contributed by atoms with Crippen molar-refractivity contribution in [3.63, 3.8) is 0 Å². The van der Waals surface area contributed by atoms with Crippen LogP contribution in [0.2, 0.25) is 0 Å². The Balaban J connectivity index is 1.87. The number of urea groups is 1. The lowest BCUT2D eigenvalue weighted by atomic mass is 10.0. The molecule has 0 aromatic heterocycles. The summed E-state index contributed by atoms with van der Waals surface area (Å²) in [6, 6.07) is 15.3. The van der Waals surface area contributed by atoms with Crippen molar-refractivity contribution in [2.45, 2.75) is 46.4 Å². The Morgan fingerprint density at radius 3 is 2.17 bits per heavy atom. The molecule has 30 heavy (non-hydrogen) atoms. The molecule has 2 atom stereocenters. The van der Waals surface area contributed by atoms with Gasteiger partial charge in [0.2, 0.25) is 0 Å². The SMILES string of the molecule is Cc1ccc(CNC(=O)[C@@H](C)OC(=O)[C@H](NC(=O)Nc2ccccc2)C(C)C)cc1. The molecule has 0 unspecified atom stereocenters. The predicted octanol–water partition coefficient (Wildman–Crippen LogP) is 3.39. The lowest BCUT2D eigenvalue weighted by Crippen LogP contribution is -2.49. The first-order valence-corrected chi connectivity index (χ1v) is 9.92. The molecular weight excluding hydrogens is 382 g/mol. The van der Waals surface area contributed by atoms with E-state index in [9.17, 15) is 14.4 Å². The Morgan fingerprint density at radius 1 is 0.933 bits per heavy atom. The predicted molar refractivity (Wildman–Crippen MR) is 116 cm³/mol. The van der Waals surface area contributed by atoms with Crippen molar-refractivity contribution < 1.29 is 19.1 Å². The molecule has 2 aromatic rings. The Bertz CT molecular complexity index is 851. The number of anilines is 1. The summed E-state index contributed by atoms with van der Waals surface area (Å²) >= 11 is 0. The highest BCUT2D eigenvalue weighted by atomic mass is 16.5. The zero-order chi connectivity index (χ0) is 22.1. The number of carbonyl (C=O) groups is 3. The number of rotatable bonds is 8. The molecule has 3 amide bonds. The van der Waals surface area contributed by atoms with Crippen LogP contribution in [0.1, 0.15) is 31.9 Å². The minimum absolute atomic E-state index is 0.221. The molecule has 0 radical (unpaired) electrons. The van der Waals surface area contributed by atoms with Gasteiger partial charge in [0.25, 0.3) is 5.91 Å². The van der Waals surface area contributed by atoms with Gasteiger partial charge in [-0.2, -0.15) is 0 Å².